The van der Waals surface area contributed by atoms with Crippen LogP contribution in [0.25, 0.3) is 0 Å². The fourth-order valence-corrected chi connectivity index (χ4v) is 2.08. The van der Waals surface area contributed by atoms with Gasteiger partial charge in [0.1, 0.15) is 5.54 Å². The molecular formula is C14H21BrClN3O2. The van der Waals surface area contributed by atoms with Gasteiger partial charge < -0.3 is 16.0 Å². The van der Waals surface area contributed by atoms with Gasteiger partial charge in [0.05, 0.1) is 0 Å². The van der Waals surface area contributed by atoms with E-state index in [4.69, 9.17) is 5.73 Å². The predicted octanol–water partition coefficient (Wildman–Crippen LogP) is 1.64. The van der Waals surface area contributed by atoms with E-state index < -0.39 is 5.54 Å². The van der Waals surface area contributed by atoms with Crippen molar-refractivity contribution in [2.75, 3.05) is 20.6 Å². The van der Waals surface area contributed by atoms with Crippen LogP contribution in [0.5, 0.6) is 0 Å². The molecule has 1 atom stereocenters. The van der Waals surface area contributed by atoms with Gasteiger partial charge in [0.25, 0.3) is 0 Å². The number of nitrogens with zero attached hydrogens (tertiary/aromatic N) is 1. The second-order valence-corrected chi connectivity index (χ2v) is 5.77. The normalized spacial score (nSPS) is 12.8. The van der Waals surface area contributed by atoms with Crippen LogP contribution in [0.4, 0.5) is 0 Å². The smallest absolute Gasteiger partial charge is 0.246 e. The SMILES string of the molecule is CNC(=O)CCN(C)C(=O)C(C)(N)c1ccc(Br)cc1.Cl. The quantitative estimate of drug-likeness (QED) is 0.818. The molecule has 0 aliphatic heterocycles. The number of likely N-dealkylation sites (N-methyl/N-ethyl adjacent to an activating group) is 1. The fourth-order valence-electron chi connectivity index (χ4n) is 1.81. The third-order valence-corrected chi connectivity index (χ3v) is 3.72. The van der Waals surface area contributed by atoms with E-state index in [1.54, 1.807) is 21.0 Å². The molecule has 1 unspecified atom stereocenters. The highest BCUT2D eigenvalue weighted by Gasteiger charge is 2.33. The minimum Gasteiger partial charge on any atom is -0.359 e. The highest BCUT2D eigenvalue weighted by atomic mass is 79.9. The number of carbonyl (C=O) groups excluding carboxylic acids is 2. The molecule has 3 N–H and O–H groups in total. The van der Waals surface area contributed by atoms with Crippen LogP contribution >= 0.6 is 28.3 Å². The monoisotopic (exact) mass is 377 g/mol. The number of hydrogen-bond donors (Lipinski definition) is 2. The number of halogens is 2. The Balaban J connectivity index is 0.00000400. The van der Waals surface area contributed by atoms with Crippen LogP contribution in [0.15, 0.2) is 28.7 Å². The van der Waals surface area contributed by atoms with Gasteiger partial charge in [0, 0.05) is 31.5 Å². The summed E-state index contributed by atoms with van der Waals surface area (Å²) >= 11 is 3.35. The molecule has 0 bridgehead atoms. The molecule has 21 heavy (non-hydrogen) atoms. The number of amides is 2. The summed E-state index contributed by atoms with van der Waals surface area (Å²) < 4.78 is 0.928. The molecule has 5 nitrogen and oxygen atoms in total. The molecule has 0 spiro atoms. The highest BCUT2D eigenvalue weighted by molar-refractivity contribution is 9.10. The van der Waals surface area contributed by atoms with Crippen molar-refractivity contribution in [3.8, 4) is 0 Å². The van der Waals surface area contributed by atoms with Crippen molar-refractivity contribution in [1.82, 2.24) is 10.2 Å². The van der Waals surface area contributed by atoms with Crippen LogP contribution in [-0.2, 0) is 15.1 Å². The fraction of sp³-hybridized carbons (Fsp3) is 0.429. The van der Waals surface area contributed by atoms with Crippen LogP contribution in [0.1, 0.15) is 18.9 Å². The summed E-state index contributed by atoms with van der Waals surface area (Å²) in [5, 5.41) is 2.52. The lowest BCUT2D eigenvalue weighted by molar-refractivity contribution is -0.135. The van der Waals surface area contributed by atoms with Crippen molar-refractivity contribution < 1.29 is 9.59 Å². The van der Waals surface area contributed by atoms with Crippen molar-refractivity contribution >= 4 is 40.2 Å². The molecule has 1 rings (SSSR count). The maximum absolute atomic E-state index is 12.4. The standard InChI is InChI=1S/C14H20BrN3O2.ClH/c1-14(16,10-4-6-11(15)7-5-10)13(20)18(3)9-8-12(19)17-2;/h4-7H,8-9,16H2,1-3H3,(H,17,19);1H. The molecule has 0 heterocycles. The Morgan fingerprint density at radius 3 is 2.33 bits per heavy atom. The lowest BCUT2D eigenvalue weighted by Gasteiger charge is -2.29. The van der Waals surface area contributed by atoms with Crippen LogP contribution in [0, 0.1) is 0 Å². The van der Waals surface area contributed by atoms with Gasteiger partial charge in [-0.3, -0.25) is 9.59 Å². The number of nitrogens with one attached hydrogen (secondary N) is 1. The Labute approximate surface area is 139 Å². The largest absolute Gasteiger partial charge is 0.359 e. The van der Waals surface area contributed by atoms with Gasteiger partial charge in [-0.15, -0.1) is 12.4 Å². The highest BCUT2D eigenvalue weighted by Crippen LogP contribution is 2.22. The molecule has 0 fully saturated rings. The van der Waals surface area contributed by atoms with Crippen LogP contribution in [-0.4, -0.2) is 37.4 Å². The zero-order chi connectivity index (χ0) is 15.3. The first-order valence-corrected chi connectivity index (χ1v) is 7.09. The molecular weight excluding hydrogens is 358 g/mol. The topological polar surface area (TPSA) is 75.4 Å². The zero-order valence-corrected chi connectivity index (χ0v) is 14.8. The maximum atomic E-state index is 12.4. The van der Waals surface area contributed by atoms with Crippen molar-refractivity contribution in [1.29, 1.82) is 0 Å². The molecule has 1 aromatic carbocycles. The second kappa shape index (κ2) is 8.36. The van der Waals surface area contributed by atoms with Gasteiger partial charge in [-0.2, -0.15) is 0 Å². The van der Waals surface area contributed by atoms with E-state index in [0.717, 1.165) is 10.0 Å². The molecule has 1 aromatic rings. The first kappa shape index (κ1) is 19.9. The van der Waals surface area contributed by atoms with Crippen LogP contribution in [0.2, 0.25) is 0 Å². The van der Waals surface area contributed by atoms with E-state index in [2.05, 4.69) is 21.2 Å². The first-order valence-electron chi connectivity index (χ1n) is 6.30. The third-order valence-electron chi connectivity index (χ3n) is 3.19. The maximum Gasteiger partial charge on any atom is 0.246 e. The molecule has 0 saturated heterocycles. The van der Waals surface area contributed by atoms with Gasteiger partial charge in [0.2, 0.25) is 11.8 Å². The van der Waals surface area contributed by atoms with E-state index in [1.165, 1.54) is 4.90 Å². The first-order chi connectivity index (χ1) is 9.28. The van der Waals surface area contributed by atoms with Crippen molar-refractivity contribution in [2.45, 2.75) is 18.9 Å². The van der Waals surface area contributed by atoms with Gasteiger partial charge in [-0.1, -0.05) is 28.1 Å². The number of hydrogen-bond acceptors (Lipinski definition) is 3. The minimum absolute atomic E-state index is 0. The average Bonchev–Trinajstić information content (AvgIpc) is 2.43. The molecule has 118 valence electrons. The lowest BCUT2D eigenvalue weighted by Crippen LogP contribution is -2.50. The third kappa shape index (κ3) is 5.30. The summed E-state index contributed by atoms with van der Waals surface area (Å²) in [5.74, 6) is -0.323. The molecule has 0 aliphatic rings. The van der Waals surface area contributed by atoms with Crippen molar-refractivity contribution in [2.24, 2.45) is 5.73 Å². The Hall–Kier alpha value is -1.11. The van der Waals surface area contributed by atoms with Crippen LogP contribution < -0.4 is 11.1 Å². The van der Waals surface area contributed by atoms with Crippen molar-refractivity contribution in [3.63, 3.8) is 0 Å². The van der Waals surface area contributed by atoms with Crippen molar-refractivity contribution in [3.05, 3.63) is 34.3 Å². The Morgan fingerprint density at radius 2 is 1.86 bits per heavy atom. The Morgan fingerprint density at radius 1 is 1.33 bits per heavy atom. The number of benzene rings is 1. The molecule has 2 amide bonds. The van der Waals surface area contributed by atoms with E-state index in [1.807, 2.05) is 24.3 Å². The van der Waals surface area contributed by atoms with Crippen LogP contribution in [0.3, 0.4) is 0 Å². The summed E-state index contributed by atoms with van der Waals surface area (Å²) in [6.07, 6.45) is 0.259. The van der Waals surface area contributed by atoms with E-state index in [0.29, 0.717) is 6.54 Å². The summed E-state index contributed by atoms with van der Waals surface area (Å²) in [4.78, 5) is 25.1. The Kier molecular flexibility index (Phi) is 7.92. The lowest BCUT2D eigenvalue weighted by atomic mass is 9.91. The van der Waals surface area contributed by atoms with Gasteiger partial charge in [-0.25, -0.2) is 0 Å². The molecule has 7 heteroatoms. The number of carbonyl (C=O) groups is 2. The van der Waals surface area contributed by atoms with E-state index >= 15 is 0 Å². The number of nitrogens with two attached hydrogens (primary N) is 1. The summed E-state index contributed by atoms with van der Waals surface area (Å²) in [6.45, 7) is 2.01. The summed E-state index contributed by atoms with van der Waals surface area (Å²) in [7, 11) is 3.22. The van der Waals surface area contributed by atoms with Gasteiger partial charge >= 0.3 is 0 Å². The van der Waals surface area contributed by atoms with E-state index in [-0.39, 0.29) is 30.6 Å². The minimum atomic E-state index is -1.11. The van der Waals surface area contributed by atoms with E-state index in [9.17, 15) is 9.59 Å². The second-order valence-electron chi connectivity index (χ2n) is 4.86. The average molecular weight is 379 g/mol. The molecule has 0 radical (unpaired) electrons. The number of rotatable bonds is 5. The molecule has 0 aliphatic carbocycles. The predicted molar refractivity (Wildman–Crippen MR) is 89.3 cm³/mol. The summed E-state index contributed by atoms with van der Waals surface area (Å²) in [6, 6.07) is 7.32. The Bertz CT molecular complexity index is 491. The van der Waals surface area contributed by atoms with Gasteiger partial charge in [-0.05, 0) is 24.6 Å². The van der Waals surface area contributed by atoms with Gasteiger partial charge in [0.15, 0.2) is 0 Å². The zero-order valence-electron chi connectivity index (χ0n) is 12.4. The summed E-state index contributed by atoms with van der Waals surface area (Å²) in [5.41, 5.74) is 5.79. The molecule has 0 saturated carbocycles. The molecule has 0 aromatic heterocycles.